The van der Waals surface area contributed by atoms with Gasteiger partial charge in [0.25, 0.3) is 11.8 Å². The van der Waals surface area contributed by atoms with E-state index in [0.29, 0.717) is 35.3 Å². The van der Waals surface area contributed by atoms with Gasteiger partial charge in [-0.2, -0.15) is 4.98 Å². The number of hydrogen-bond donors (Lipinski definition) is 0. The van der Waals surface area contributed by atoms with Crippen LogP contribution < -0.4 is 0 Å². The summed E-state index contributed by atoms with van der Waals surface area (Å²) in [6.07, 6.45) is 0.998. The van der Waals surface area contributed by atoms with Crippen molar-refractivity contribution in [2.75, 3.05) is 26.8 Å². The Morgan fingerprint density at radius 2 is 2.08 bits per heavy atom. The standard InChI is InChI=1S/C19H25N3O3/c1-19(2,3)18-20-16(25-21-18)14-7-5-6-8-15(14)17(23)22(4)11-13-9-10-24-12-13/h5-8,13H,9-12H2,1-4H3. The summed E-state index contributed by atoms with van der Waals surface area (Å²) in [5.41, 5.74) is 1.04. The largest absolute Gasteiger partial charge is 0.381 e. The highest BCUT2D eigenvalue weighted by Crippen LogP contribution is 2.27. The molecule has 1 atom stereocenters. The Morgan fingerprint density at radius 1 is 1.32 bits per heavy atom. The Labute approximate surface area is 148 Å². The van der Waals surface area contributed by atoms with Gasteiger partial charge >= 0.3 is 0 Å². The molecule has 0 saturated carbocycles. The SMILES string of the molecule is CN(CC1CCOC1)C(=O)c1ccccc1-c1nc(C(C)(C)C)no1. The third-order valence-corrected chi connectivity index (χ3v) is 4.39. The highest BCUT2D eigenvalue weighted by molar-refractivity contribution is 5.99. The van der Waals surface area contributed by atoms with Crippen LogP contribution in [0.25, 0.3) is 11.5 Å². The van der Waals surface area contributed by atoms with Crippen LogP contribution >= 0.6 is 0 Å². The molecule has 1 saturated heterocycles. The maximum Gasteiger partial charge on any atom is 0.258 e. The summed E-state index contributed by atoms with van der Waals surface area (Å²) in [5.74, 6) is 1.36. The molecule has 1 amide bonds. The van der Waals surface area contributed by atoms with Crippen molar-refractivity contribution in [3.05, 3.63) is 35.7 Å². The lowest BCUT2D eigenvalue weighted by atomic mass is 9.96. The average molecular weight is 343 g/mol. The molecule has 1 aliphatic rings. The molecule has 0 bridgehead atoms. The molecule has 6 nitrogen and oxygen atoms in total. The summed E-state index contributed by atoms with van der Waals surface area (Å²) in [4.78, 5) is 19.2. The zero-order chi connectivity index (χ0) is 18.0. The van der Waals surface area contributed by atoms with Gasteiger partial charge in [-0.25, -0.2) is 0 Å². The molecule has 1 aliphatic heterocycles. The Balaban J connectivity index is 1.85. The van der Waals surface area contributed by atoms with Crippen molar-refractivity contribution in [1.82, 2.24) is 15.0 Å². The van der Waals surface area contributed by atoms with Gasteiger partial charge in [-0.3, -0.25) is 4.79 Å². The number of benzene rings is 1. The van der Waals surface area contributed by atoms with Crippen LogP contribution in [0.4, 0.5) is 0 Å². The smallest absolute Gasteiger partial charge is 0.258 e. The number of rotatable bonds is 4. The Bertz CT molecular complexity index is 742. The molecule has 0 N–H and O–H groups in total. The van der Waals surface area contributed by atoms with Crippen molar-refractivity contribution in [1.29, 1.82) is 0 Å². The zero-order valence-corrected chi connectivity index (χ0v) is 15.3. The first-order valence-electron chi connectivity index (χ1n) is 8.63. The second kappa shape index (κ2) is 6.96. The van der Waals surface area contributed by atoms with Gasteiger partial charge in [0.1, 0.15) is 0 Å². The summed E-state index contributed by atoms with van der Waals surface area (Å²) < 4.78 is 10.8. The van der Waals surface area contributed by atoms with Crippen LogP contribution in [0.3, 0.4) is 0 Å². The first-order valence-corrected chi connectivity index (χ1v) is 8.63. The van der Waals surface area contributed by atoms with Crippen molar-refractivity contribution in [3.63, 3.8) is 0 Å². The van der Waals surface area contributed by atoms with Gasteiger partial charge in [-0.1, -0.05) is 38.1 Å². The van der Waals surface area contributed by atoms with E-state index in [1.165, 1.54) is 0 Å². The van der Waals surface area contributed by atoms with E-state index in [4.69, 9.17) is 9.26 Å². The van der Waals surface area contributed by atoms with Crippen molar-refractivity contribution in [2.24, 2.45) is 5.92 Å². The number of amides is 1. The first-order chi connectivity index (χ1) is 11.9. The molecule has 25 heavy (non-hydrogen) atoms. The first kappa shape index (κ1) is 17.6. The monoisotopic (exact) mass is 343 g/mol. The molecule has 0 spiro atoms. The van der Waals surface area contributed by atoms with Crippen LogP contribution in [0, 0.1) is 5.92 Å². The van der Waals surface area contributed by atoms with Crippen LogP contribution in [-0.4, -0.2) is 47.8 Å². The van der Waals surface area contributed by atoms with Gasteiger partial charge in [0.05, 0.1) is 17.7 Å². The van der Waals surface area contributed by atoms with E-state index in [0.717, 1.165) is 19.6 Å². The topological polar surface area (TPSA) is 68.5 Å². The van der Waals surface area contributed by atoms with Gasteiger partial charge in [-0.05, 0) is 18.6 Å². The summed E-state index contributed by atoms with van der Waals surface area (Å²) in [5, 5.41) is 4.06. The van der Waals surface area contributed by atoms with Crippen LogP contribution in [0.1, 0.15) is 43.4 Å². The summed E-state index contributed by atoms with van der Waals surface area (Å²) in [7, 11) is 1.83. The van der Waals surface area contributed by atoms with Crippen LogP contribution in [0.5, 0.6) is 0 Å². The Morgan fingerprint density at radius 3 is 2.72 bits per heavy atom. The van der Waals surface area contributed by atoms with Crippen LogP contribution in [-0.2, 0) is 10.2 Å². The van der Waals surface area contributed by atoms with E-state index < -0.39 is 0 Å². The summed E-state index contributed by atoms with van der Waals surface area (Å²) >= 11 is 0. The third-order valence-electron chi connectivity index (χ3n) is 4.39. The molecule has 2 aromatic rings. The lowest BCUT2D eigenvalue weighted by Crippen LogP contribution is -2.32. The van der Waals surface area contributed by atoms with Gasteiger partial charge in [0.2, 0.25) is 0 Å². The normalized spacial score (nSPS) is 17.7. The summed E-state index contributed by atoms with van der Waals surface area (Å²) in [6.45, 7) is 8.26. The molecule has 3 rings (SSSR count). The van der Waals surface area contributed by atoms with E-state index >= 15 is 0 Å². The van der Waals surface area contributed by atoms with E-state index in [-0.39, 0.29) is 11.3 Å². The fraction of sp³-hybridized carbons (Fsp3) is 0.526. The van der Waals surface area contributed by atoms with Gasteiger partial charge in [0, 0.05) is 31.5 Å². The lowest BCUT2D eigenvalue weighted by Gasteiger charge is -2.21. The van der Waals surface area contributed by atoms with Gasteiger partial charge < -0.3 is 14.2 Å². The second-order valence-electron chi connectivity index (χ2n) is 7.63. The molecule has 1 aromatic carbocycles. The minimum atomic E-state index is -0.208. The van der Waals surface area contributed by atoms with Crippen molar-refractivity contribution in [2.45, 2.75) is 32.6 Å². The molecule has 0 radical (unpaired) electrons. The van der Waals surface area contributed by atoms with Crippen molar-refractivity contribution >= 4 is 5.91 Å². The Hall–Kier alpha value is -2.21. The lowest BCUT2D eigenvalue weighted by molar-refractivity contribution is 0.0766. The van der Waals surface area contributed by atoms with E-state index in [9.17, 15) is 4.79 Å². The Kier molecular flexibility index (Phi) is 4.90. The van der Waals surface area contributed by atoms with Crippen LogP contribution in [0.15, 0.2) is 28.8 Å². The van der Waals surface area contributed by atoms with Crippen molar-refractivity contribution in [3.8, 4) is 11.5 Å². The fourth-order valence-electron chi connectivity index (χ4n) is 2.90. The molecule has 1 unspecified atom stereocenters. The van der Waals surface area contributed by atoms with Crippen molar-refractivity contribution < 1.29 is 14.1 Å². The van der Waals surface area contributed by atoms with E-state index in [1.54, 1.807) is 11.0 Å². The number of hydrogen-bond acceptors (Lipinski definition) is 5. The minimum absolute atomic E-state index is 0.0435. The third kappa shape index (κ3) is 3.90. The van der Waals surface area contributed by atoms with E-state index in [1.807, 2.05) is 46.0 Å². The predicted octanol–water partition coefficient (Wildman–Crippen LogP) is 3.14. The number of aromatic nitrogens is 2. The minimum Gasteiger partial charge on any atom is -0.381 e. The van der Waals surface area contributed by atoms with Crippen LogP contribution in [0.2, 0.25) is 0 Å². The second-order valence-corrected chi connectivity index (χ2v) is 7.63. The molecule has 0 aliphatic carbocycles. The molecule has 134 valence electrons. The maximum absolute atomic E-state index is 12.9. The number of ether oxygens (including phenoxy) is 1. The number of nitrogens with zero attached hydrogens (tertiary/aromatic N) is 3. The zero-order valence-electron chi connectivity index (χ0n) is 15.3. The molecular weight excluding hydrogens is 318 g/mol. The predicted molar refractivity (Wildman–Crippen MR) is 94.3 cm³/mol. The molecule has 6 heteroatoms. The quantitative estimate of drug-likeness (QED) is 0.853. The fourth-order valence-corrected chi connectivity index (χ4v) is 2.90. The number of carbonyl (C=O) groups is 1. The average Bonchev–Trinajstić information content (AvgIpc) is 3.25. The van der Waals surface area contributed by atoms with Gasteiger partial charge in [0.15, 0.2) is 5.82 Å². The molecular formula is C19H25N3O3. The highest BCUT2D eigenvalue weighted by atomic mass is 16.5. The van der Waals surface area contributed by atoms with E-state index in [2.05, 4.69) is 10.1 Å². The summed E-state index contributed by atoms with van der Waals surface area (Å²) in [6, 6.07) is 7.38. The highest BCUT2D eigenvalue weighted by Gasteiger charge is 2.26. The maximum atomic E-state index is 12.9. The van der Waals surface area contributed by atoms with Gasteiger partial charge in [-0.15, -0.1) is 0 Å². The molecule has 1 fully saturated rings. The number of carbonyl (C=O) groups excluding carboxylic acids is 1. The molecule has 2 heterocycles. The molecule has 1 aromatic heterocycles.